The second kappa shape index (κ2) is 8.93. The van der Waals surface area contributed by atoms with Gasteiger partial charge in [0.15, 0.2) is 0 Å². The molecular formula is C9H21NO4. The third kappa shape index (κ3) is 4.55. The maximum absolute atomic E-state index is 10.9. The normalized spacial score (nSPS) is 19.9. The minimum absolute atomic E-state index is 0. The Labute approximate surface area is 84.9 Å². The van der Waals surface area contributed by atoms with Crippen molar-refractivity contribution in [3.8, 4) is 0 Å². The van der Waals surface area contributed by atoms with Crippen LogP contribution >= 0.6 is 0 Å². The van der Waals surface area contributed by atoms with E-state index in [4.69, 9.17) is 9.94 Å². The van der Waals surface area contributed by atoms with Crippen molar-refractivity contribution in [2.45, 2.75) is 39.2 Å². The highest BCUT2D eigenvalue weighted by Crippen LogP contribution is 2.17. The molecule has 0 spiro atoms. The van der Waals surface area contributed by atoms with Gasteiger partial charge in [0, 0.05) is 6.42 Å². The highest BCUT2D eigenvalue weighted by atomic mass is 16.7. The largest absolute Gasteiger partial charge is 0.412 e. The van der Waals surface area contributed by atoms with Gasteiger partial charge in [0.1, 0.15) is 0 Å². The zero-order valence-electron chi connectivity index (χ0n) is 9.12. The van der Waals surface area contributed by atoms with Gasteiger partial charge < -0.3 is 10.6 Å². The van der Waals surface area contributed by atoms with Crippen LogP contribution in [0.3, 0.4) is 0 Å². The molecule has 1 aliphatic rings. The van der Waals surface area contributed by atoms with E-state index in [-0.39, 0.29) is 24.0 Å². The quantitative estimate of drug-likeness (QED) is 0.698. The molecule has 1 rings (SSSR count). The van der Waals surface area contributed by atoms with Gasteiger partial charge in [-0.25, -0.2) is 5.06 Å². The number of hydrogen-bond donors (Lipinski definition) is 1. The summed E-state index contributed by atoms with van der Waals surface area (Å²) >= 11 is 0. The van der Waals surface area contributed by atoms with Crippen LogP contribution in [0.2, 0.25) is 0 Å². The van der Waals surface area contributed by atoms with Crippen LogP contribution in [0, 0.1) is 0 Å². The Morgan fingerprint density at radius 1 is 1.57 bits per heavy atom. The zero-order chi connectivity index (χ0) is 10.3. The number of hydrogen-bond acceptors (Lipinski definition) is 3. The molecule has 3 N–H and O–H groups in total. The first-order valence-corrected chi connectivity index (χ1v) is 4.68. The van der Waals surface area contributed by atoms with E-state index in [0.29, 0.717) is 12.8 Å². The Hall–Kier alpha value is -0.650. The van der Waals surface area contributed by atoms with Crippen LogP contribution in [-0.4, -0.2) is 41.3 Å². The van der Waals surface area contributed by atoms with Crippen molar-refractivity contribution in [3.05, 3.63) is 0 Å². The Morgan fingerprint density at radius 3 is 2.36 bits per heavy atom. The molecule has 0 aromatic rings. The lowest BCUT2D eigenvalue weighted by Gasteiger charge is -2.18. The molecule has 86 valence electrons. The van der Waals surface area contributed by atoms with E-state index >= 15 is 0 Å². The van der Waals surface area contributed by atoms with Crippen LogP contribution in [0.15, 0.2) is 0 Å². The number of hydroxylamine groups is 2. The summed E-state index contributed by atoms with van der Waals surface area (Å²) in [7, 11) is 1.44. The lowest BCUT2D eigenvalue weighted by molar-refractivity contribution is -0.180. The molecule has 14 heavy (non-hydrogen) atoms. The number of carbonyl (C=O) groups excluding carboxylic acids is 1. The standard InChI is InChI=1S/C6H11NO3.C3H8.H2O/c1-10-7-5(4-8)2-3-6(7)9;1-3-2;/h5,8H,2-4H2,1H3;3H2,1-2H3;1H2/t5-;;/m0../s1. The third-order valence-electron chi connectivity index (χ3n) is 1.68. The van der Waals surface area contributed by atoms with Gasteiger partial charge >= 0.3 is 0 Å². The van der Waals surface area contributed by atoms with Crippen molar-refractivity contribution in [3.63, 3.8) is 0 Å². The van der Waals surface area contributed by atoms with E-state index in [9.17, 15) is 4.79 Å². The fraction of sp³-hybridized carbons (Fsp3) is 0.889. The first kappa shape index (κ1) is 15.8. The molecule has 1 heterocycles. The van der Waals surface area contributed by atoms with Gasteiger partial charge in [-0.1, -0.05) is 20.3 Å². The molecule has 0 radical (unpaired) electrons. The van der Waals surface area contributed by atoms with Crippen molar-refractivity contribution in [2.75, 3.05) is 13.7 Å². The van der Waals surface area contributed by atoms with E-state index < -0.39 is 0 Å². The van der Waals surface area contributed by atoms with Gasteiger partial charge in [-0.05, 0) is 6.42 Å². The Morgan fingerprint density at radius 2 is 2.07 bits per heavy atom. The summed E-state index contributed by atoms with van der Waals surface area (Å²) in [6.07, 6.45) is 2.43. The summed E-state index contributed by atoms with van der Waals surface area (Å²) in [6.45, 7) is 4.24. The molecule has 1 aliphatic heterocycles. The van der Waals surface area contributed by atoms with Crippen molar-refractivity contribution in [1.29, 1.82) is 0 Å². The van der Waals surface area contributed by atoms with Crippen molar-refractivity contribution < 1.29 is 20.2 Å². The van der Waals surface area contributed by atoms with Gasteiger partial charge in [0.25, 0.3) is 0 Å². The molecule has 1 saturated heterocycles. The average Bonchev–Trinajstić information content (AvgIpc) is 2.47. The van der Waals surface area contributed by atoms with Crippen molar-refractivity contribution in [1.82, 2.24) is 5.06 Å². The molecule has 1 fully saturated rings. The van der Waals surface area contributed by atoms with Crippen LogP contribution in [0.5, 0.6) is 0 Å². The second-order valence-electron chi connectivity index (χ2n) is 2.98. The number of rotatable bonds is 2. The Balaban J connectivity index is 0. The number of amides is 1. The molecule has 0 bridgehead atoms. The molecule has 0 saturated carbocycles. The predicted molar refractivity (Wildman–Crippen MR) is 53.5 cm³/mol. The smallest absolute Gasteiger partial charge is 0.246 e. The van der Waals surface area contributed by atoms with Crippen molar-refractivity contribution in [2.24, 2.45) is 0 Å². The fourth-order valence-corrected chi connectivity index (χ4v) is 1.14. The summed E-state index contributed by atoms with van der Waals surface area (Å²) in [5, 5.41) is 9.95. The minimum atomic E-state index is -0.127. The van der Waals surface area contributed by atoms with Gasteiger partial charge in [0.05, 0.1) is 19.8 Å². The van der Waals surface area contributed by atoms with Gasteiger partial charge in [-0.15, -0.1) is 0 Å². The molecule has 0 aromatic heterocycles. The summed E-state index contributed by atoms with van der Waals surface area (Å²) in [5.41, 5.74) is 0. The van der Waals surface area contributed by atoms with Crippen LogP contribution < -0.4 is 0 Å². The van der Waals surface area contributed by atoms with E-state index in [1.807, 2.05) is 0 Å². The highest BCUT2D eigenvalue weighted by molar-refractivity contribution is 5.77. The Kier molecular flexibility index (Phi) is 10.1. The van der Waals surface area contributed by atoms with Gasteiger partial charge in [-0.3, -0.25) is 9.63 Å². The van der Waals surface area contributed by atoms with E-state index in [0.717, 1.165) is 0 Å². The van der Waals surface area contributed by atoms with Crippen molar-refractivity contribution >= 4 is 5.91 Å². The first-order chi connectivity index (χ1) is 6.21. The molecule has 5 heteroatoms. The van der Waals surface area contributed by atoms with Gasteiger partial charge in [-0.2, -0.15) is 0 Å². The molecule has 5 nitrogen and oxygen atoms in total. The SMILES string of the molecule is CCC.CON1C(=O)CC[C@H]1CO.O. The maximum Gasteiger partial charge on any atom is 0.246 e. The van der Waals surface area contributed by atoms with Crippen LogP contribution in [0.4, 0.5) is 0 Å². The number of aliphatic hydroxyl groups is 1. The third-order valence-corrected chi connectivity index (χ3v) is 1.68. The molecule has 0 aromatic carbocycles. The summed E-state index contributed by atoms with van der Waals surface area (Å²) in [4.78, 5) is 15.6. The number of nitrogens with zero attached hydrogens (tertiary/aromatic N) is 1. The van der Waals surface area contributed by atoms with E-state index in [1.54, 1.807) is 0 Å². The number of carbonyl (C=O) groups is 1. The lowest BCUT2D eigenvalue weighted by Crippen LogP contribution is -2.34. The Bertz CT molecular complexity index is 152. The fourth-order valence-electron chi connectivity index (χ4n) is 1.14. The topological polar surface area (TPSA) is 81.3 Å². The first-order valence-electron chi connectivity index (χ1n) is 4.68. The van der Waals surface area contributed by atoms with Crippen LogP contribution in [0.25, 0.3) is 0 Å². The summed E-state index contributed by atoms with van der Waals surface area (Å²) < 4.78 is 0. The minimum Gasteiger partial charge on any atom is -0.412 e. The molecule has 1 atom stereocenters. The molecule has 0 aliphatic carbocycles. The van der Waals surface area contributed by atoms with Crippen LogP contribution in [-0.2, 0) is 9.63 Å². The maximum atomic E-state index is 10.9. The van der Waals surface area contributed by atoms with Crippen LogP contribution in [0.1, 0.15) is 33.1 Å². The molecular weight excluding hydrogens is 186 g/mol. The summed E-state index contributed by atoms with van der Waals surface area (Å²) in [6, 6.07) is -0.127. The summed E-state index contributed by atoms with van der Waals surface area (Å²) in [5.74, 6) is -0.0402. The average molecular weight is 207 g/mol. The monoisotopic (exact) mass is 207 g/mol. The second-order valence-corrected chi connectivity index (χ2v) is 2.98. The van der Waals surface area contributed by atoms with E-state index in [1.165, 1.54) is 18.6 Å². The predicted octanol–water partition coefficient (Wildman–Crippen LogP) is 0.123. The molecule has 0 unspecified atom stereocenters. The molecule has 1 amide bonds. The number of aliphatic hydroxyl groups excluding tert-OH is 1. The van der Waals surface area contributed by atoms with E-state index in [2.05, 4.69) is 13.8 Å². The highest BCUT2D eigenvalue weighted by Gasteiger charge is 2.30. The zero-order valence-corrected chi connectivity index (χ0v) is 9.12. The van der Waals surface area contributed by atoms with Gasteiger partial charge in [0.2, 0.25) is 5.91 Å². The lowest BCUT2D eigenvalue weighted by atomic mass is 10.2.